The van der Waals surface area contributed by atoms with Crippen LogP contribution in [0.2, 0.25) is 5.02 Å². The number of ether oxygens (including phenoxy) is 2. The number of cyclic esters (lactones) is 1. The number of benzene rings is 1. The monoisotopic (exact) mass is 404 g/mol. The third kappa shape index (κ3) is 3.57. The topological polar surface area (TPSA) is 70.4 Å². The van der Waals surface area contributed by atoms with Crippen LogP contribution in [0.4, 0.5) is 0 Å². The zero-order valence-corrected chi connectivity index (χ0v) is 16.3. The second-order valence-corrected chi connectivity index (χ2v) is 8.04. The fraction of sp³-hybridized carbons (Fsp3) is 0.316. The molecule has 140 valence electrons. The summed E-state index contributed by atoms with van der Waals surface area (Å²) in [4.78, 5) is 25.5. The van der Waals surface area contributed by atoms with Gasteiger partial charge in [0, 0.05) is 16.8 Å². The van der Waals surface area contributed by atoms with Gasteiger partial charge in [0.15, 0.2) is 0 Å². The summed E-state index contributed by atoms with van der Waals surface area (Å²) in [7, 11) is 0. The maximum absolute atomic E-state index is 12.5. The van der Waals surface area contributed by atoms with E-state index in [0.717, 1.165) is 21.5 Å². The molecular formula is C19H17ClN2O4S. The largest absolute Gasteiger partial charge is 0.460 e. The predicted molar refractivity (Wildman–Crippen MR) is 102 cm³/mol. The number of fused-ring (bicyclic) bond motifs is 1. The SMILES string of the molecule is Cc1nn(Cc2ccc(Cl)cc2)c2sc(C(=O)O[C@@H]3C[C@H](C)OC3=O)cc12. The molecule has 8 heteroatoms. The van der Waals surface area contributed by atoms with Gasteiger partial charge >= 0.3 is 11.9 Å². The summed E-state index contributed by atoms with van der Waals surface area (Å²) in [5.74, 6) is -0.994. The van der Waals surface area contributed by atoms with Crippen molar-refractivity contribution in [1.82, 2.24) is 9.78 Å². The minimum atomic E-state index is -0.829. The van der Waals surface area contributed by atoms with Gasteiger partial charge in [0.1, 0.15) is 15.8 Å². The zero-order valence-electron chi connectivity index (χ0n) is 14.8. The molecule has 0 N–H and O–H groups in total. The summed E-state index contributed by atoms with van der Waals surface area (Å²) >= 11 is 7.24. The first kappa shape index (κ1) is 18.0. The molecule has 4 rings (SSSR count). The number of carbonyl (C=O) groups is 2. The quantitative estimate of drug-likeness (QED) is 0.615. The number of carbonyl (C=O) groups excluding carboxylic acids is 2. The summed E-state index contributed by atoms with van der Waals surface area (Å²) in [6.07, 6.45) is -0.670. The number of aryl methyl sites for hydroxylation is 1. The molecule has 0 saturated carbocycles. The standard InChI is InChI=1S/C19H17ClN2O4S/c1-10-7-15(18(23)25-10)26-19(24)16-8-14-11(2)21-22(17(14)27-16)9-12-3-5-13(20)6-4-12/h3-6,8,10,15H,7,9H2,1-2H3/t10-,15+/m0/s1. The first-order valence-corrected chi connectivity index (χ1v) is 9.73. The number of hydrogen-bond acceptors (Lipinski definition) is 6. The molecular weight excluding hydrogens is 388 g/mol. The highest BCUT2D eigenvalue weighted by molar-refractivity contribution is 7.20. The maximum atomic E-state index is 12.5. The molecule has 2 atom stereocenters. The second kappa shape index (κ2) is 6.98. The Morgan fingerprint density at radius 2 is 2.15 bits per heavy atom. The van der Waals surface area contributed by atoms with Crippen LogP contribution in [0.25, 0.3) is 10.2 Å². The van der Waals surface area contributed by atoms with Crippen molar-refractivity contribution in [2.24, 2.45) is 0 Å². The third-order valence-corrected chi connectivity index (χ3v) is 5.81. The summed E-state index contributed by atoms with van der Waals surface area (Å²) in [5, 5.41) is 6.15. The highest BCUT2D eigenvalue weighted by atomic mass is 35.5. The first-order valence-electron chi connectivity index (χ1n) is 8.53. The number of nitrogens with zero attached hydrogens (tertiary/aromatic N) is 2. The van der Waals surface area contributed by atoms with Crippen LogP contribution in [0.3, 0.4) is 0 Å². The molecule has 1 saturated heterocycles. The van der Waals surface area contributed by atoms with Gasteiger partial charge in [-0.25, -0.2) is 9.59 Å². The lowest BCUT2D eigenvalue weighted by Crippen LogP contribution is -2.22. The summed E-state index contributed by atoms with van der Waals surface area (Å²) in [6.45, 7) is 4.25. The molecule has 0 amide bonds. The number of esters is 2. The molecule has 6 nitrogen and oxygen atoms in total. The number of hydrogen-bond donors (Lipinski definition) is 0. The zero-order chi connectivity index (χ0) is 19.1. The third-order valence-electron chi connectivity index (χ3n) is 4.43. The van der Waals surface area contributed by atoms with Gasteiger partial charge in [-0.1, -0.05) is 23.7 Å². The van der Waals surface area contributed by atoms with Crippen LogP contribution in [0.1, 0.15) is 34.3 Å². The summed E-state index contributed by atoms with van der Waals surface area (Å²) in [5.41, 5.74) is 1.90. The second-order valence-electron chi connectivity index (χ2n) is 6.58. The minimum absolute atomic E-state index is 0.229. The van der Waals surface area contributed by atoms with Crippen LogP contribution in [0, 0.1) is 6.92 Å². The van der Waals surface area contributed by atoms with E-state index < -0.39 is 18.0 Å². The van der Waals surface area contributed by atoms with Crippen LogP contribution in [0.15, 0.2) is 30.3 Å². The summed E-state index contributed by atoms with van der Waals surface area (Å²) in [6, 6.07) is 9.33. The lowest BCUT2D eigenvalue weighted by atomic mass is 10.2. The van der Waals surface area contributed by atoms with E-state index in [0.29, 0.717) is 22.9 Å². The van der Waals surface area contributed by atoms with E-state index in [2.05, 4.69) is 5.10 Å². The Kier molecular flexibility index (Phi) is 4.65. The molecule has 1 fully saturated rings. The molecule has 0 aliphatic carbocycles. The Bertz CT molecular complexity index is 1020. The molecule has 1 aliphatic heterocycles. The van der Waals surface area contributed by atoms with E-state index in [-0.39, 0.29) is 6.10 Å². The van der Waals surface area contributed by atoms with E-state index in [9.17, 15) is 9.59 Å². The van der Waals surface area contributed by atoms with Crippen LogP contribution >= 0.6 is 22.9 Å². The van der Waals surface area contributed by atoms with Crippen molar-refractivity contribution in [2.45, 2.75) is 39.0 Å². The smallest absolute Gasteiger partial charge is 0.349 e. The molecule has 27 heavy (non-hydrogen) atoms. The van der Waals surface area contributed by atoms with Crippen molar-refractivity contribution < 1.29 is 19.1 Å². The lowest BCUT2D eigenvalue weighted by Gasteiger charge is -2.06. The molecule has 1 aromatic carbocycles. The molecule has 0 bridgehead atoms. The number of thiophene rings is 1. The highest BCUT2D eigenvalue weighted by Crippen LogP contribution is 2.30. The lowest BCUT2D eigenvalue weighted by molar-refractivity contribution is -0.147. The van der Waals surface area contributed by atoms with E-state index >= 15 is 0 Å². The fourth-order valence-electron chi connectivity index (χ4n) is 3.09. The van der Waals surface area contributed by atoms with E-state index in [4.69, 9.17) is 21.1 Å². The van der Waals surface area contributed by atoms with Crippen molar-refractivity contribution in [2.75, 3.05) is 0 Å². The van der Waals surface area contributed by atoms with Gasteiger partial charge < -0.3 is 9.47 Å². The van der Waals surface area contributed by atoms with Crippen LogP contribution in [0.5, 0.6) is 0 Å². The molecule has 3 heterocycles. The Hall–Kier alpha value is -2.38. The van der Waals surface area contributed by atoms with Gasteiger partial charge in [0.2, 0.25) is 6.10 Å². The Labute approximate surface area is 164 Å². The van der Waals surface area contributed by atoms with E-state index in [1.807, 2.05) is 35.9 Å². The Balaban J connectivity index is 1.57. The van der Waals surface area contributed by atoms with Gasteiger partial charge in [-0.05, 0) is 37.6 Å². The fourth-order valence-corrected chi connectivity index (χ4v) is 4.26. The van der Waals surface area contributed by atoms with Crippen molar-refractivity contribution in [3.05, 3.63) is 51.5 Å². The minimum Gasteiger partial charge on any atom is -0.460 e. The van der Waals surface area contributed by atoms with Crippen LogP contribution < -0.4 is 0 Å². The van der Waals surface area contributed by atoms with Gasteiger partial charge in [-0.3, -0.25) is 4.68 Å². The Morgan fingerprint density at radius 1 is 1.41 bits per heavy atom. The van der Waals surface area contributed by atoms with Gasteiger partial charge in [0.25, 0.3) is 0 Å². The Morgan fingerprint density at radius 3 is 2.81 bits per heavy atom. The van der Waals surface area contributed by atoms with Gasteiger partial charge in [-0.15, -0.1) is 11.3 Å². The van der Waals surface area contributed by atoms with Gasteiger partial charge in [-0.2, -0.15) is 5.10 Å². The maximum Gasteiger partial charge on any atom is 0.349 e. The number of aromatic nitrogens is 2. The van der Waals surface area contributed by atoms with Crippen molar-refractivity contribution in [1.29, 1.82) is 0 Å². The van der Waals surface area contributed by atoms with E-state index in [1.165, 1.54) is 11.3 Å². The molecule has 0 spiro atoms. The van der Waals surface area contributed by atoms with Crippen LogP contribution in [-0.2, 0) is 20.8 Å². The molecule has 1 aliphatic rings. The average molecular weight is 405 g/mol. The normalized spacial score (nSPS) is 19.4. The molecule has 0 radical (unpaired) electrons. The van der Waals surface area contributed by atoms with Gasteiger partial charge in [0.05, 0.1) is 12.2 Å². The molecule has 3 aromatic rings. The molecule has 2 aromatic heterocycles. The summed E-state index contributed by atoms with van der Waals surface area (Å²) < 4.78 is 12.2. The first-order chi connectivity index (χ1) is 12.9. The van der Waals surface area contributed by atoms with Crippen molar-refractivity contribution in [3.8, 4) is 0 Å². The molecule has 0 unspecified atom stereocenters. The van der Waals surface area contributed by atoms with Crippen molar-refractivity contribution >= 4 is 45.1 Å². The average Bonchev–Trinajstić information content (AvgIpc) is 3.27. The predicted octanol–water partition coefficient (Wildman–Crippen LogP) is 3.97. The van der Waals surface area contributed by atoms with E-state index in [1.54, 1.807) is 13.0 Å². The van der Waals surface area contributed by atoms with Crippen molar-refractivity contribution in [3.63, 3.8) is 0 Å². The van der Waals surface area contributed by atoms with Crippen LogP contribution in [-0.4, -0.2) is 33.9 Å². The highest BCUT2D eigenvalue weighted by Gasteiger charge is 2.35. The number of halogens is 1. The number of rotatable bonds is 4.